The van der Waals surface area contributed by atoms with Crippen LogP contribution in [0.25, 0.3) is 0 Å². The summed E-state index contributed by atoms with van der Waals surface area (Å²) in [4.78, 5) is 12.3. The Balaban J connectivity index is 3.06. The molecule has 1 atom stereocenters. The van der Waals surface area contributed by atoms with Gasteiger partial charge < -0.3 is 15.6 Å². The number of methoxy groups -OCH3 is 1. The van der Waals surface area contributed by atoms with Crippen LogP contribution in [0.4, 0.5) is 0 Å². The first-order valence-corrected chi connectivity index (χ1v) is 7.08. The number of hydrogen-bond acceptors (Lipinski definition) is 4. The quantitative estimate of drug-likeness (QED) is 0.563. The van der Waals surface area contributed by atoms with E-state index in [1.807, 2.05) is 31.2 Å². The van der Waals surface area contributed by atoms with E-state index in [1.165, 1.54) is 7.11 Å². The second-order valence-electron chi connectivity index (χ2n) is 5.13. The van der Waals surface area contributed by atoms with E-state index in [1.54, 1.807) is 0 Å². The van der Waals surface area contributed by atoms with Crippen molar-refractivity contribution >= 4 is 5.97 Å². The van der Waals surface area contributed by atoms with Crippen molar-refractivity contribution in [2.24, 2.45) is 5.73 Å². The summed E-state index contributed by atoms with van der Waals surface area (Å²) < 4.78 is 5.00. The molecule has 0 saturated carbocycles. The molecule has 3 N–H and O–H groups in total. The van der Waals surface area contributed by atoms with Gasteiger partial charge in [0.25, 0.3) is 0 Å². The second-order valence-corrected chi connectivity index (χ2v) is 5.13. The van der Waals surface area contributed by atoms with E-state index >= 15 is 0 Å². The van der Waals surface area contributed by atoms with Gasteiger partial charge >= 0.3 is 5.97 Å². The van der Waals surface area contributed by atoms with Crippen molar-refractivity contribution in [3.05, 3.63) is 35.4 Å². The molecule has 112 valence electrons. The highest BCUT2D eigenvalue weighted by Crippen LogP contribution is 2.33. The minimum Gasteiger partial charge on any atom is -0.468 e. The van der Waals surface area contributed by atoms with Crippen molar-refractivity contribution in [1.82, 2.24) is 0 Å². The van der Waals surface area contributed by atoms with E-state index in [2.05, 4.69) is 0 Å². The molecular weight excluding hydrogens is 254 g/mol. The van der Waals surface area contributed by atoms with E-state index in [4.69, 9.17) is 15.6 Å². The summed E-state index contributed by atoms with van der Waals surface area (Å²) in [5, 5.41) is 8.85. The Hall–Kier alpha value is -1.39. The highest BCUT2D eigenvalue weighted by molar-refractivity contribution is 5.84. The maximum Gasteiger partial charge on any atom is 0.317 e. The molecule has 4 nitrogen and oxygen atoms in total. The Morgan fingerprint density at radius 3 is 2.55 bits per heavy atom. The molecular formula is C16H25NO3. The van der Waals surface area contributed by atoms with E-state index in [9.17, 15) is 4.79 Å². The van der Waals surface area contributed by atoms with Gasteiger partial charge in [-0.2, -0.15) is 0 Å². The molecule has 0 aromatic heterocycles. The van der Waals surface area contributed by atoms with Crippen LogP contribution in [0.5, 0.6) is 0 Å². The number of aliphatic hydroxyl groups excluding tert-OH is 1. The molecule has 0 saturated heterocycles. The summed E-state index contributed by atoms with van der Waals surface area (Å²) in [6.07, 6.45) is 3.10. The number of aryl methyl sites for hydroxylation is 1. The van der Waals surface area contributed by atoms with Crippen molar-refractivity contribution in [2.45, 2.75) is 38.0 Å². The summed E-state index contributed by atoms with van der Waals surface area (Å²) in [5.41, 5.74) is 7.16. The van der Waals surface area contributed by atoms with E-state index in [0.29, 0.717) is 6.42 Å². The number of nitrogens with two attached hydrogens (primary N) is 1. The fraction of sp³-hybridized carbons (Fsp3) is 0.562. The molecule has 0 heterocycles. The lowest BCUT2D eigenvalue weighted by Gasteiger charge is -2.31. The maximum atomic E-state index is 12.3. The molecule has 0 fully saturated rings. The Bertz CT molecular complexity index is 433. The first-order chi connectivity index (χ1) is 9.62. The summed E-state index contributed by atoms with van der Waals surface area (Å²) in [6, 6.07) is 7.80. The SMILES string of the molecule is COC(=O)C(CN)(CCCCCO)c1ccccc1C. The predicted octanol–water partition coefficient (Wildman–Crippen LogP) is 1.92. The second kappa shape index (κ2) is 8.02. The molecule has 0 aliphatic carbocycles. The molecule has 0 radical (unpaired) electrons. The third-order valence-corrected chi connectivity index (χ3v) is 3.85. The van der Waals surface area contributed by atoms with Crippen LogP contribution in [0.15, 0.2) is 24.3 Å². The number of aliphatic hydroxyl groups is 1. The lowest BCUT2D eigenvalue weighted by molar-refractivity contribution is -0.147. The van der Waals surface area contributed by atoms with Gasteiger partial charge in [-0.15, -0.1) is 0 Å². The molecule has 1 rings (SSSR count). The van der Waals surface area contributed by atoms with Gasteiger partial charge in [0.05, 0.1) is 7.11 Å². The number of carbonyl (C=O) groups is 1. The smallest absolute Gasteiger partial charge is 0.317 e. The number of unbranched alkanes of at least 4 members (excludes halogenated alkanes) is 2. The van der Waals surface area contributed by atoms with Crippen LogP contribution in [0.2, 0.25) is 0 Å². The zero-order valence-electron chi connectivity index (χ0n) is 12.4. The zero-order valence-corrected chi connectivity index (χ0v) is 12.4. The van der Waals surface area contributed by atoms with Gasteiger partial charge in [-0.25, -0.2) is 0 Å². The molecule has 4 heteroatoms. The van der Waals surface area contributed by atoms with E-state index < -0.39 is 5.41 Å². The minimum atomic E-state index is -0.782. The Kier molecular flexibility index (Phi) is 6.68. The van der Waals surface area contributed by atoms with Crippen molar-refractivity contribution in [3.8, 4) is 0 Å². The largest absolute Gasteiger partial charge is 0.468 e. The minimum absolute atomic E-state index is 0.179. The fourth-order valence-corrected chi connectivity index (χ4v) is 2.66. The average molecular weight is 279 g/mol. The molecule has 20 heavy (non-hydrogen) atoms. The highest BCUT2D eigenvalue weighted by atomic mass is 16.5. The van der Waals surface area contributed by atoms with Crippen LogP contribution in [0.1, 0.15) is 36.8 Å². The monoisotopic (exact) mass is 279 g/mol. The fourth-order valence-electron chi connectivity index (χ4n) is 2.66. The molecule has 1 aromatic rings. The third kappa shape index (κ3) is 3.58. The first-order valence-electron chi connectivity index (χ1n) is 7.08. The summed E-state index contributed by atoms with van der Waals surface area (Å²) in [7, 11) is 1.40. The summed E-state index contributed by atoms with van der Waals surface area (Å²) >= 11 is 0. The van der Waals surface area contributed by atoms with Gasteiger partial charge in [0.2, 0.25) is 0 Å². The van der Waals surface area contributed by atoms with Crippen LogP contribution in [0.3, 0.4) is 0 Å². The normalized spacial score (nSPS) is 13.8. The van der Waals surface area contributed by atoms with Gasteiger partial charge in [0.15, 0.2) is 0 Å². The third-order valence-electron chi connectivity index (χ3n) is 3.85. The van der Waals surface area contributed by atoms with Gasteiger partial charge in [0.1, 0.15) is 5.41 Å². The van der Waals surface area contributed by atoms with Crippen LogP contribution in [-0.2, 0) is 14.9 Å². The van der Waals surface area contributed by atoms with Gasteiger partial charge in [0, 0.05) is 13.2 Å². The molecule has 0 spiro atoms. The Morgan fingerprint density at radius 2 is 2.00 bits per heavy atom. The first kappa shape index (κ1) is 16.7. The highest BCUT2D eigenvalue weighted by Gasteiger charge is 2.40. The van der Waals surface area contributed by atoms with Crippen molar-refractivity contribution in [3.63, 3.8) is 0 Å². The number of rotatable bonds is 8. The molecule has 0 bridgehead atoms. The maximum absolute atomic E-state index is 12.3. The van der Waals surface area contributed by atoms with E-state index in [0.717, 1.165) is 30.4 Å². The molecule has 1 aromatic carbocycles. The summed E-state index contributed by atoms with van der Waals surface area (Å²) in [5.74, 6) is -0.279. The Morgan fingerprint density at radius 1 is 1.30 bits per heavy atom. The number of carbonyl (C=O) groups excluding carboxylic acids is 1. The predicted molar refractivity (Wildman–Crippen MR) is 79.5 cm³/mol. The van der Waals surface area contributed by atoms with Gasteiger partial charge in [-0.05, 0) is 30.9 Å². The molecule has 0 amide bonds. The molecule has 0 aliphatic rings. The lowest BCUT2D eigenvalue weighted by Crippen LogP contribution is -2.44. The number of benzene rings is 1. The number of esters is 1. The van der Waals surface area contributed by atoms with Crippen LogP contribution < -0.4 is 5.73 Å². The topological polar surface area (TPSA) is 72.5 Å². The number of ether oxygens (including phenoxy) is 1. The summed E-state index contributed by atoms with van der Waals surface area (Å²) in [6.45, 7) is 2.39. The lowest BCUT2D eigenvalue weighted by atomic mass is 9.74. The van der Waals surface area contributed by atoms with Crippen molar-refractivity contribution < 1.29 is 14.6 Å². The molecule has 1 unspecified atom stereocenters. The van der Waals surface area contributed by atoms with Crippen LogP contribution >= 0.6 is 0 Å². The van der Waals surface area contributed by atoms with Crippen LogP contribution in [0, 0.1) is 6.92 Å². The molecule has 0 aliphatic heterocycles. The van der Waals surface area contributed by atoms with Crippen molar-refractivity contribution in [2.75, 3.05) is 20.3 Å². The van der Waals surface area contributed by atoms with Crippen LogP contribution in [-0.4, -0.2) is 31.3 Å². The van der Waals surface area contributed by atoms with E-state index in [-0.39, 0.29) is 19.1 Å². The van der Waals surface area contributed by atoms with Crippen molar-refractivity contribution in [1.29, 1.82) is 0 Å². The Labute approximate surface area is 120 Å². The average Bonchev–Trinajstić information content (AvgIpc) is 2.48. The van der Waals surface area contributed by atoms with Gasteiger partial charge in [-0.1, -0.05) is 37.1 Å². The standard InChI is InChI=1S/C16H25NO3/c1-13-8-4-5-9-14(13)16(12-17,15(19)20-2)10-6-3-7-11-18/h4-5,8-9,18H,3,6-7,10-12,17H2,1-2H3. The van der Waals surface area contributed by atoms with Gasteiger partial charge in [-0.3, -0.25) is 4.79 Å². The number of hydrogen-bond donors (Lipinski definition) is 2. The zero-order chi connectivity index (χ0) is 15.0.